The number of fused-ring (bicyclic) bond motifs is 1. The average molecular weight is 475 g/mol. The van der Waals surface area contributed by atoms with Crippen LogP contribution in [0.5, 0.6) is 0 Å². The van der Waals surface area contributed by atoms with Crippen molar-refractivity contribution in [1.82, 2.24) is 4.57 Å². The molecular weight excluding hydrogens is 460 g/mol. The van der Waals surface area contributed by atoms with E-state index in [9.17, 15) is 9.59 Å². The van der Waals surface area contributed by atoms with Gasteiger partial charge in [-0.1, -0.05) is 75.7 Å². The van der Waals surface area contributed by atoms with E-state index in [0.29, 0.717) is 28.0 Å². The van der Waals surface area contributed by atoms with Crippen molar-refractivity contribution in [2.75, 3.05) is 0 Å². The monoisotopic (exact) mass is 474 g/mol. The average Bonchev–Trinajstić information content (AvgIpc) is 3.10. The van der Waals surface area contributed by atoms with Gasteiger partial charge in [-0.3, -0.25) is 9.59 Å². The van der Waals surface area contributed by atoms with E-state index in [1.165, 1.54) is 11.3 Å². The molecule has 4 nitrogen and oxygen atoms in total. The van der Waals surface area contributed by atoms with Gasteiger partial charge in [0.05, 0.1) is 16.8 Å². The highest BCUT2D eigenvalue weighted by Gasteiger charge is 2.12. The molecule has 4 rings (SSSR count). The van der Waals surface area contributed by atoms with Gasteiger partial charge in [0.15, 0.2) is 10.6 Å². The second-order valence-electron chi connectivity index (χ2n) is 6.48. The van der Waals surface area contributed by atoms with E-state index in [0.717, 1.165) is 14.7 Å². The van der Waals surface area contributed by atoms with Crippen molar-refractivity contribution in [2.24, 2.45) is 4.99 Å². The number of amides is 1. The normalized spacial score (nSPS) is 11.4. The molecule has 1 amide bonds. The third-order valence-corrected chi connectivity index (χ3v) is 6.06. The first-order valence-corrected chi connectivity index (χ1v) is 10.7. The lowest BCUT2D eigenvalue weighted by Gasteiger charge is -2.02. The predicted octanol–water partition coefficient (Wildman–Crippen LogP) is 5.07. The van der Waals surface area contributed by atoms with Gasteiger partial charge in [-0.25, -0.2) is 0 Å². The Labute approximate surface area is 185 Å². The molecular formula is C24H15BrN2O2S. The Balaban J connectivity index is 1.67. The molecule has 1 heterocycles. The number of benzene rings is 3. The lowest BCUT2D eigenvalue weighted by Crippen LogP contribution is -2.16. The van der Waals surface area contributed by atoms with Gasteiger partial charge in [-0.15, -0.1) is 6.42 Å². The number of thiazole rings is 1. The SMILES string of the molecule is C#CCn1c(=NC(=O)c2ccc(C(=O)c3ccccc3)cc2)sc2cc(Br)ccc21. The van der Waals surface area contributed by atoms with Crippen LogP contribution in [0.3, 0.4) is 0 Å². The third-order valence-electron chi connectivity index (χ3n) is 4.52. The maximum Gasteiger partial charge on any atom is 0.279 e. The molecule has 0 spiro atoms. The highest BCUT2D eigenvalue weighted by atomic mass is 79.9. The van der Waals surface area contributed by atoms with Crippen molar-refractivity contribution >= 4 is 49.2 Å². The molecule has 0 N–H and O–H groups in total. The van der Waals surface area contributed by atoms with Crippen molar-refractivity contribution in [1.29, 1.82) is 0 Å². The van der Waals surface area contributed by atoms with Crippen LogP contribution < -0.4 is 4.80 Å². The van der Waals surface area contributed by atoms with Gasteiger partial charge in [0.25, 0.3) is 5.91 Å². The van der Waals surface area contributed by atoms with Crippen molar-refractivity contribution < 1.29 is 9.59 Å². The standard InChI is InChI=1S/C24H15BrN2O2S/c1-2-14-27-20-13-12-19(25)15-21(20)30-24(27)26-23(29)18-10-8-17(9-11-18)22(28)16-6-4-3-5-7-16/h1,3-13,15H,14H2. The fourth-order valence-corrected chi connectivity index (χ4v) is 4.63. The summed E-state index contributed by atoms with van der Waals surface area (Å²) in [5.41, 5.74) is 2.46. The minimum absolute atomic E-state index is 0.0894. The number of ketones is 1. The van der Waals surface area contributed by atoms with Gasteiger partial charge in [-0.05, 0) is 30.3 Å². The molecule has 0 saturated carbocycles. The molecule has 0 unspecified atom stereocenters. The van der Waals surface area contributed by atoms with E-state index in [-0.39, 0.29) is 11.7 Å². The van der Waals surface area contributed by atoms with Gasteiger partial charge >= 0.3 is 0 Å². The second-order valence-corrected chi connectivity index (χ2v) is 8.40. The molecule has 0 atom stereocenters. The lowest BCUT2D eigenvalue weighted by molar-refractivity contribution is 0.0994. The van der Waals surface area contributed by atoms with Crippen LogP contribution in [0.1, 0.15) is 26.3 Å². The molecule has 146 valence electrons. The molecule has 0 aliphatic heterocycles. The maximum atomic E-state index is 12.7. The van der Waals surface area contributed by atoms with Crippen LogP contribution in [0.25, 0.3) is 10.2 Å². The largest absolute Gasteiger partial charge is 0.305 e. The summed E-state index contributed by atoms with van der Waals surface area (Å²) >= 11 is 4.86. The van der Waals surface area contributed by atoms with Crippen LogP contribution in [0.15, 0.2) is 82.3 Å². The van der Waals surface area contributed by atoms with Gasteiger partial charge in [0.1, 0.15) is 0 Å². The number of hydrogen-bond donors (Lipinski definition) is 0. The van der Waals surface area contributed by atoms with Crippen molar-refractivity contribution in [3.05, 3.63) is 98.8 Å². The van der Waals surface area contributed by atoms with Crippen LogP contribution in [-0.4, -0.2) is 16.3 Å². The lowest BCUT2D eigenvalue weighted by atomic mass is 10.0. The fourth-order valence-electron chi connectivity index (χ4n) is 3.05. The van der Waals surface area contributed by atoms with E-state index in [4.69, 9.17) is 6.42 Å². The Hall–Kier alpha value is -3.27. The molecule has 0 saturated heterocycles. The summed E-state index contributed by atoms with van der Waals surface area (Å²) in [5.74, 6) is 2.14. The Morgan fingerprint density at radius 1 is 0.967 bits per heavy atom. The van der Waals surface area contributed by atoms with Gasteiger partial charge < -0.3 is 4.57 Å². The summed E-state index contributed by atoms with van der Waals surface area (Å²) in [6.45, 7) is 0.318. The fraction of sp³-hybridized carbons (Fsp3) is 0.0417. The van der Waals surface area contributed by atoms with E-state index < -0.39 is 0 Å². The summed E-state index contributed by atoms with van der Waals surface area (Å²) in [5, 5.41) is 0. The second kappa shape index (κ2) is 8.62. The smallest absolute Gasteiger partial charge is 0.279 e. The van der Waals surface area contributed by atoms with Crippen molar-refractivity contribution in [3.8, 4) is 12.3 Å². The molecule has 6 heteroatoms. The summed E-state index contributed by atoms with van der Waals surface area (Å²) in [6.07, 6.45) is 5.51. The Bertz CT molecular complexity index is 1360. The molecule has 0 aliphatic carbocycles. The van der Waals surface area contributed by atoms with E-state index in [2.05, 4.69) is 26.8 Å². The van der Waals surface area contributed by atoms with Crippen LogP contribution in [0, 0.1) is 12.3 Å². The Morgan fingerprint density at radius 3 is 2.33 bits per heavy atom. The quantitative estimate of drug-likeness (QED) is 0.306. The van der Waals surface area contributed by atoms with Gasteiger partial charge in [0.2, 0.25) is 0 Å². The maximum absolute atomic E-state index is 12.7. The van der Waals surface area contributed by atoms with Crippen molar-refractivity contribution in [2.45, 2.75) is 6.54 Å². The van der Waals surface area contributed by atoms with Crippen LogP contribution in [0.4, 0.5) is 0 Å². The number of rotatable bonds is 4. The number of hydrogen-bond acceptors (Lipinski definition) is 3. The first kappa shape index (κ1) is 20.0. The number of terminal acetylenes is 1. The molecule has 30 heavy (non-hydrogen) atoms. The number of carbonyl (C=O) groups excluding carboxylic acids is 2. The first-order valence-electron chi connectivity index (χ1n) is 9.08. The number of nitrogens with zero attached hydrogens (tertiary/aromatic N) is 2. The van der Waals surface area contributed by atoms with Crippen LogP contribution in [0.2, 0.25) is 0 Å². The zero-order valence-corrected chi connectivity index (χ0v) is 18.1. The van der Waals surface area contributed by atoms with E-state index in [1.807, 2.05) is 41.0 Å². The van der Waals surface area contributed by atoms with Crippen molar-refractivity contribution in [3.63, 3.8) is 0 Å². The van der Waals surface area contributed by atoms with Gasteiger partial charge in [0, 0.05) is 21.2 Å². The van der Waals surface area contributed by atoms with E-state index in [1.54, 1.807) is 36.4 Å². The van der Waals surface area contributed by atoms with E-state index >= 15 is 0 Å². The number of halogens is 1. The molecule has 3 aromatic carbocycles. The highest BCUT2D eigenvalue weighted by molar-refractivity contribution is 9.10. The highest BCUT2D eigenvalue weighted by Crippen LogP contribution is 2.22. The summed E-state index contributed by atoms with van der Waals surface area (Å²) in [6, 6.07) is 21.4. The molecule has 0 radical (unpaired) electrons. The minimum Gasteiger partial charge on any atom is -0.305 e. The predicted molar refractivity (Wildman–Crippen MR) is 123 cm³/mol. The Morgan fingerprint density at radius 2 is 1.63 bits per heavy atom. The van der Waals surface area contributed by atoms with Gasteiger partial charge in [-0.2, -0.15) is 4.99 Å². The molecule has 0 fully saturated rings. The first-order chi connectivity index (χ1) is 14.6. The number of aromatic nitrogens is 1. The molecule has 1 aromatic heterocycles. The molecule has 4 aromatic rings. The van der Waals surface area contributed by atoms with Crippen LogP contribution >= 0.6 is 27.3 Å². The summed E-state index contributed by atoms with van der Waals surface area (Å²) in [4.78, 5) is 30.1. The zero-order chi connectivity index (χ0) is 21.1. The summed E-state index contributed by atoms with van der Waals surface area (Å²) in [7, 11) is 0. The molecule has 0 aliphatic rings. The van der Waals surface area contributed by atoms with Crippen LogP contribution in [-0.2, 0) is 6.54 Å². The summed E-state index contributed by atoms with van der Waals surface area (Å²) < 4.78 is 3.77. The zero-order valence-electron chi connectivity index (χ0n) is 15.7. The molecule has 0 bridgehead atoms. The number of carbonyl (C=O) groups is 2. The topological polar surface area (TPSA) is 51.4 Å². The minimum atomic E-state index is -0.384. The Kier molecular flexibility index (Phi) is 5.75. The third kappa shape index (κ3) is 4.04.